The van der Waals surface area contributed by atoms with Crippen molar-refractivity contribution in [3.05, 3.63) is 52.1 Å². The van der Waals surface area contributed by atoms with Crippen LogP contribution in [0, 0.1) is 6.92 Å². The Morgan fingerprint density at radius 2 is 2.11 bits per heavy atom. The molecule has 0 spiro atoms. The zero-order valence-corrected chi connectivity index (χ0v) is 11.2. The first-order valence-corrected chi connectivity index (χ1v) is 6.08. The lowest BCUT2D eigenvalue weighted by Gasteiger charge is -2.07. The predicted octanol–water partition coefficient (Wildman–Crippen LogP) is 3.11. The molecule has 2 rings (SSSR count). The highest BCUT2D eigenvalue weighted by Crippen LogP contribution is 2.22. The topological polar surface area (TPSA) is 62.2 Å². The number of amides is 1. The van der Waals surface area contributed by atoms with Crippen LogP contribution in [0.15, 0.2) is 41.0 Å². The molecule has 18 heavy (non-hydrogen) atoms. The van der Waals surface area contributed by atoms with Gasteiger partial charge >= 0.3 is 0 Å². The molecule has 92 valence electrons. The number of para-hydroxylation sites is 1. The second-order valence-electron chi connectivity index (χ2n) is 3.79. The molecule has 1 aromatic heterocycles. The summed E-state index contributed by atoms with van der Waals surface area (Å²) < 4.78 is 0.832. The molecule has 1 amide bonds. The third kappa shape index (κ3) is 2.68. The number of benzene rings is 1. The molecule has 2 N–H and O–H groups in total. The summed E-state index contributed by atoms with van der Waals surface area (Å²) in [6, 6.07) is 8.48. The van der Waals surface area contributed by atoms with E-state index in [-0.39, 0.29) is 17.2 Å². The fourth-order valence-electron chi connectivity index (χ4n) is 1.48. The lowest BCUT2D eigenvalue weighted by molar-refractivity contribution is 0.102. The number of pyridine rings is 1. The molecule has 0 unspecified atom stereocenters. The Morgan fingerprint density at radius 3 is 2.78 bits per heavy atom. The molecular weight excluding hydrogens is 296 g/mol. The molecule has 2 aromatic rings. The molecule has 0 aliphatic rings. The van der Waals surface area contributed by atoms with Gasteiger partial charge in [0.25, 0.3) is 5.91 Å². The first kappa shape index (κ1) is 12.6. The number of nitrogens with one attached hydrogen (secondary N) is 1. The van der Waals surface area contributed by atoms with Crippen LogP contribution in [0.25, 0.3) is 0 Å². The van der Waals surface area contributed by atoms with Crippen LogP contribution in [0.5, 0.6) is 5.75 Å². The van der Waals surface area contributed by atoms with E-state index in [9.17, 15) is 9.90 Å². The van der Waals surface area contributed by atoms with E-state index in [1.54, 1.807) is 43.5 Å². The van der Waals surface area contributed by atoms with Gasteiger partial charge in [-0.05, 0) is 46.6 Å². The summed E-state index contributed by atoms with van der Waals surface area (Å²) in [5.41, 5.74) is 0.895. The van der Waals surface area contributed by atoms with Crippen LogP contribution in [0.1, 0.15) is 15.9 Å². The summed E-state index contributed by atoms with van der Waals surface area (Å²) in [6.45, 7) is 1.74. The quantitative estimate of drug-likeness (QED) is 0.896. The van der Waals surface area contributed by atoms with Gasteiger partial charge in [-0.1, -0.05) is 12.1 Å². The number of phenols is 1. The number of hydrogen-bond donors (Lipinski definition) is 2. The molecule has 0 fully saturated rings. The van der Waals surface area contributed by atoms with Gasteiger partial charge in [0.05, 0.1) is 5.56 Å². The van der Waals surface area contributed by atoms with Crippen LogP contribution in [0.3, 0.4) is 0 Å². The van der Waals surface area contributed by atoms with Gasteiger partial charge in [0.15, 0.2) is 0 Å². The number of rotatable bonds is 2. The maximum absolute atomic E-state index is 11.9. The first-order valence-electron chi connectivity index (χ1n) is 5.29. The van der Waals surface area contributed by atoms with E-state index in [1.807, 2.05) is 0 Å². The molecule has 1 heterocycles. The summed E-state index contributed by atoms with van der Waals surface area (Å²) in [4.78, 5) is 16.0. The minimum absolute atomic E-state index is 0.00730. The summed E-state index contributed by atoms with van der Waals surface area (Å²) in [6.07, 6.45) is 1.59. The maximum atomic E-state index is 11.9. The Labute approximate surface area is 113 Å². The van der Waals surface area contributed by atoms with E-state index < -0.39 is 0 Å². The van der Waals surface area contributed by atoms with Gasteiger partial charge in [-0.3, -0.25) is 4.79 Å². The van der Waals surface area contributed by atoms with E-state index in [2.05, 4.69) is 26.2 Å². The van der Waals surface area contributed by atoms with Gasteiger partial charge < -0.3 is 10.4 Å². The number of carbonyl (C=O) groups excluding carboxylic acids is 1. The lowest BCUT2D eigenvalue weighted by atomic mass is 10.1. The van der Waals surface area contributed by atoms with Crippen molar-refractivity contribution in [2.45, 2.75) is 6.92 Å². The Balaban J connectivity index is 2.22. The highest BCUT2D eigenvalue weighted by atomic mass is 79.9. The average molecular weight is 307 g/mol. The molecule has 1 aromatic carbocycles. The van der Waals surface area contributed by atoms with Crippen LogP contribution in [0.4, 0.5) is 5.82 Å². The van der Waals surface area contributed by atoms with Crippen molar-refractivity contribution in [1.29, 1.82) is 0 Å². The van der Waals surface area contributed by atoms with Crippen molar-refractivity contribution >= 4 is 27.7 Å². The fourth-order valence-corrected chi connectivity index (χ4v) is 1.71. The van der Waals surface area contributed by atoms with E-state index in [1.165, 1.54) is 0 Å². The molecule has 0 bridgehead atoms. The van der Waals surface area contributed by atoms with Gasteiger partial charge in [0, 0.05) is 10.7 Å². The number of halogens is 1. The van der Waals surface area contributed by atoms with E-state index in [0.717, 1.165) is 4.47 Å². The minimum Gasteiger partial charge on any atom is -0.507 e. The number of anilines is 1. The molecule has 0 aliphatic heterocycles. The van der Waals surface area contributed by atoms with Crippen LogP contribution in [-0.4, -0.2) is 16.0 Å². The molecule has 5 heteroatoms. The monoisotopic (exact) mass is 306 g/mol. The van der Waals surface area contributed by atoms with Crippen molar-refractivity contribution in [3.63, 3.8) is 0 Å². The lowest BCUT2D eigenvalue weighted by Crippen LogP contribution is -2.13. The molecule has 0 saturated carbocycles. The normalized spacial score (nSPS) is 10.1. The molecule has 0 saturated heterocycles. The minimum atomic E-state index is -0.383. The first-order chi connectivity index (χ1) is 8.58. The second kappa shape index (κ2) is 5.18. The second-order valence-corrected chi connectivity index (χ2v) is 4.70. The van der Waals surface area contributed by atoms with Crippen molar-refractivity contribution in [3.8, 4) is 5.75 Å². The summed E-state index contributed by atoms with van der Waals surface area (Å²) in [5, 5.41) is 12.4. The van der Waals surface area contributed by atoms with Crippen molar-refractivity contribution in [1.82, 2.24) is 4.98 Å². The number of carbonyl (C=O) groups is 1. The van der Waals surface area contributed by atoms with E-state index in [0.29, 0.717) is 11.4 Å². The van der Waals surface area contributed by atoms with Crippen LogP contribution in [-0.2, 0) is 0 Å². The molecule has 4 nitrogen and oxygen atoms in total. The smallest absolute Gasteiger partial charge is 0.260 e. The number of aromatic hydroxyl groups is 1. The summed E-state index contributed by atoms with van der Waals surface area (Å²) in [5.74, 6) is 0.0437. The van der Waals surface area contributed by atoms with Crippen molar-refractivity contribution < 1.29 is 9.90 Å². The fraction of sp³-hybridized carbons (Fsp3) is 0.0769. The van der Waals surface area contributed by atoms with Crippen LogP contribution < -0.4 is 5.32 Å². The van der Waals surface area contributed by atoms with Crippen LogP contribution >= 0.6 is 15.9 Å². The molecular formula is C13H11BrN2O2. The summed E-state index contributed by atoms with van der Waals surface area (Å²) >= 11 is 3.26. The van der Waals surface area contributed by atoms with Gasteiger partial charge in [-0.25, -0.2) is 4.98 Å². The molecule has 0 radical (unpaired) electrons. The summed E-state index contributed by atoms with van der Waals surface area (Å²) in [7, 11) is 0. The van der Waals surface area contributed by atoms with E-state index in [4.69, 9.17) is 0 Å². The number of phenolic OH excluding ortho intramolecular Hbond substituents is 1. The Bertz CT molecular complexity index is 582. The number of hydrogen-bond acceptors (Lipinski definition) is 3. The Hall–Kier alpha value is -1.88. The maximum Gasteiger partial charge on any atom is 0.260 e. The van der Waals surface area contributed by atoms with Gasteiger partial charge in [-0.2, -0.15) is 0 Å². The van der Waals surface area contributed by atoms with Gasteiger partial charge in [-0.15, -0.1) is 0 Å². The molecule has 0 aliphatic carbocycles. The third-order valence-corrected chi connectivity index (χ3v) is 2.92. The standard InChI is InChI=1S/C13H11BrN2O2/c1-8-3-2-4-10(12(8)17)13(18)16-11-6-5-9(14)7-15-11/h2-7,17H,1H3,(H,15,16,18). The molecule has 0 atom stereocenters. The third-order valence-electron chi connectivity index (χ3n) is 2.45. The average Bonchev–Trinajstić information content (AvgIpc) is 2.35. The Morgan fingerprint density at radius 1 is 1.33 bits per heavy atom. The number of nitrogens with zero attached hydrogens (tertiary/aromatic N) is 1. The van der Waals surface area contributed by atoms with Crippen molar-refractivity contribution in [2.24, 2.45) is 0 Å². The SMILES string of the molecule is Cc1cccc(C(=O)Nc2ccc(Br)cn2)c1O. The highest BCUT2D eigenvalue weighted by molar-refractivity contribution is 9.10. The van der Waals surface area contributed by atoms with Gasteiger partial charge in [0.1, 0.15) is 11.6 Å². The highest BCUT2D eigenvalue weighted by Gasteiger charge is 2.12. The predicted molar refractivity (Wildman–Crippen MR) is 72.7 cm³/mol. The van der Waals surface area contributed by atoms with E-state index >= 15 is 0 Å². The largest absolute Gasteiger partial charge is 0.507 e. The number of aromatic nitrogens is 1. The Kier molecular flexibility index (Phi) is 3.62. The number of aryl methyl sites for hydroxylation is 1. The van der Waals surface area contributed by atoms with Crippen molar-refractivity contribution in [2.75, 3.05) is 5.32 Å². The zero-order valence-electron chi connectivity index (χ0n) is 9.64. The van der Waals surface area contributed by atoms with Crippen LogP contribution in [0.2, 0.25) is 0 Å². The zero-order chi connectivity index (χ0) is 13.1. The van der Waals surface area contributed by atoms with Gasteiger partial charge in [0.2, 0.25) is 0 Å².